The fourth-order valence-electron chi connectivity index (χ4n) is 2.99. The van der Waals surface area contributed by atoms with E-state index in [2.05, 4.69) is 42.8 Å². The number of aryl methyl sites for hydroxylation is 1. The highest BCUT2D eigenvalue weighted by atomic mass is 16.4. The van der Waals surface area contributed by atoms with E-state index in [1.165, 1.54) is 11.3 Å². The molecule has 0 bridgehead atoms. The van der Waals surface area contributed by atoms with Gasteiger partial charge in [-0.05, 0) is 38.9 Å². The summed E-state index contributed by atoms with van der Waals surface area (Å²) in [6.07, 6.45) is 1.27. The molecule has 0 amide bonds. The first kappa shape index (κ1) is 14.9. The zero-order chi connectivity index (χ0) is 14.7. The van der Waals surface area contributed by atoms with E-state index in [0.29, 0.717) is 18.6 Å². The fourth-order valence-corrected chi connectivity index (χ4v) is 2.99. The first-order valence-electron chi connectivity index (χ1n) is 7.23. The molecule has 1 aromatic carbocycles. The number of rotatable bonds is 5. The number of aliphatic carboxylic acids is 1. The quantitative estimate of drug-likeness (QED) is 0.896. The number of anilines is 1. The smallest absolute Gasteiger partial charge is 0.305 e. The summed E-state index contributed by atoms with van der Waals surface area (Å²) in [7, 11) is 2.14. The second-order valence-electron chi connectivity index (χ2n) is 5.80. The Morgan fingerprint density at radius 1 is 1.45 bits per heavy atom. The van der Waals surface area contributed by atoms with Crippen molar-refractivity contribution in [2.45, 2.75) is 38.8 Å². The van der Waals surface area contributed by atoms with Crippen LogP contribution < -0.4 is 4.90 Å². The van der Waals surface area contributed by atoms with Crippen LogP contribution in [0, 0.1) is 6.92 Å². The second kappa shape index (κ2) is 6.27. The van der Waals surface area contributed by atoms with Gasteiger partial charge in [-0.2, -0.15) is 0 Å². The van der Waals surface area contributed by atoms with Gasteiger partial charge < -0.3 is 14.9 Å². The molecular formula is C16H24N2O2. The van der Waals surface area contributed by atoms with Gasteiger partial charge in [-0.1, -0.05) is 18.2 Å². The summed E-state index contributed by atoms with van der Waals surface area (Å²) in [5.41, 5.74) is 2.38. The molecular weight excluding hydrogens is 252 g/mol. The minimum atomic E-state index is -0.733. The van der Waals surface area contributed by atoms with Crippen molar-refractivity contribution >= 4 is 11.7 Å². The second-order valence-corrected chi connectivity index (χ2v) is 5.80. The number of carboxylic acids is 1. The molecule has 1 heterocycles. The van der Waals surface area contributed by atoms with E-state index < -0.39 is 5.97 Å². The maximum atomic E-state index is 10.9. The molecule has 0 aliphatic carbocycles. The summed E-state index contributed by atoms with van der Waals surface area (Å²) in [6, 6.07) is 9.19. The maximum Gasteiger partial charge on any atom is 0.305 e. The van der Waals surface area contributed by atoms with Crippen molar-refractivity contribution in [1.29, 1.82) is 0 Å². The Morgan fingerprint density at radius 2 is 2.15 bits per heavy atom. The van der Waals surface area contributed by atoms with Crippen molar-refractivity contribution in [2.75, 3.05) is 25.0 Å². The fraction of sp³-hybridized carbons (Fsp3) is 0.562. The Labute approximate surface area is 121 Å². The average molecular weight is 276 g/mol. The molecule has 1 N–H and O–H groups in total. The Hall–Kier alpha value is -1.55. The molecule has 0 saturated carbocycles. The largest absolute Gasteiger partial charge is 0.481 e. The third-order valence-electron chi connectivity index (χ3n) is 4.30. The highest BCUT2D eigenvalue weighted by Crippen LogP contribution is 2.28. The molecule has 1 fully saturated rings. The van der Waals surface area contributed by atoms with Crippen molar-refractivity contribution < 1.29 is 9.90 Å². The molecule has 1 aliphatic rings. The van der Waals surface area contributed by atoms with Crippen LogP contribution in [0.2, 0.25) is 0 Å². The van der Waals surface area contributed by atoms with Gasteiger partial charge in [-0.25, -0.2) is 0 Å². The number of likely N-dealkylation sites (N-methyl/N-ethyl adjacent to an activating group) is 1. The third kappa shape index (κ3) is 3.31. The number of carboxylic acid groups (broad SMARTS) is 1. The molecule has 2 rings (SSSR count). The van der Waals surface area contributed by atoms with Crippen LogP contribution in [0.4, 0.5) is 5.69 Å². The standard InChI is InChI=1S/C16H24N2O2/c1-12-6-4-5-7-15(12)18(9-8-16(19)20)14-10-13(2)17(3)11-14/h4-7,13-14H,8-11H2,1-3H3,(H,19,20). The van der Waals surface area contributed by atoms with E-state index in [0.717, 1.165) is 13.0 Å². The van der Waals surface area contributed by atoms with E-state index in [-0.39, 0.29) is 6.42 Å². The van der Waals surface area contributed by atoms with Gasteiger partial charge in [-0.3, -0.25) is 4.79 Å². The zero-order valence-corrected chi connectivity index (χ0v) is 12.5. The van der Waals surface area contributed by atoms with Crippen LogP contribution >= 0.6 is 0 Å². The lowest BCUT2D eigenvalue weighted by atomic mass is 10.1. The van der Waals surface area contributed by atoms with Crippen LogP contribution in [0.15, 0.2) is 24.3 Å². The van der Waals surface area contributed by atoms with E-state index in [9.17, 15) is 4.79 Å². The van der Waals surface area contributed by atoms with Gasteiger partial charge in [0.15, 0.2) is 0 Å². The Morgan fingerprint density at radius 3 is 2.70 bits per heavy atom. The zero-order valence-electron chi connectivity index (χ0n) is 12.5. The summed E-state index contributed by atoms with van der Waals surface area (Å²) in [5, 5.41) is 8.99. The summed E-state index contributed by atoms with van der Waals surface area (Å²) in [4.78, 5) is 15.6. The molecule has 110 valence electrons. The van der Waals surface area contributed by atoms with Crippen LogP contribution in [0.3, 0.4) is 0 Å². The topological polar surface area (TPSA) is 43.8 Å². The molecule has 4 nitrogen and oxygen atoms in total. The van der Waals surface area contributed by atoms with E-state index in [1.807, 2.05) is 12.1 Å². The first-order valence-corrected chi connectivity index (χ1v) is 7.23. The first-order chi connectivity index (χ1) is 9.49. The summed E-state index contributed by atoms with van der Waals surface area (Å²) >= 11 is 0. The lowest BCUT2D eigenvalue weighted by Crippen LogP contribution is -2.39. The number of hydrogen-bond donors (Lipinski definition) is 1. The molecule has 2 unspecified atom stereocenters. The van der Waals surface area contributed by atoms with Crippen molar-refractivity contribution in [3.8, 4) is 0 Å². The van der Waals surface area contributed by atoms with E-state index in [4.69, 9.17) is 5.11 Å². The molecule has 0 aromatic heterocycles. The maximum absolute atomic E-state index is 10.9. The lowest BCUT2D eigenvalue weighted by Gasteiger charge is -2.32. The van der Waals surface area contributed by atoms with Crippen LogP contribution in [0.25, 0.3) is 0 Å². The molecule has 4 heteroatoms. The number of benzene rings is 1. The van der Waals surface area contributed by atoms with Gasteiger partial charge in [0.2, 0.25) is 0 Å². The summed E-state index contributed by atoms with van der Waals surface area (Å²) in [6.45, 7) is 5.89. The predicted octanol–water partition coefficient (Wildman–Crippen LogP) is 2.37. The van der Waals surface area contributed by atoms with E-state index >= 15 is 0 Å². The Balaban J connectivity index is 2.21. The van der Waals surface area contributed by atoms with E-state index in [1.54, 1.807) is 0 Å². The number of nitrogens with zero attached hydrogens (tertiary/aromatic N) is 2. The highest BCUT2D eigenvalue weighted by molar-refractivity contribution is 5.68. The number of hydrogen-bond acceptors (Lipinski definition) is 3. The molecule has 1 saturated heterocycles. The van der Waals surface area contributed by atoms with Gasteiger partial charge in [0.05, 0.1) is 6.42 Å². The minimum absolute atomic E-state index is 0.183. The van der Waals surface area contributed by atoms with Crippen LogP contribution in [0.5, 0.6) is 0 Å². The van der Waals surface area contributed by atoms with Gasteiger partial charge in [0.25, 0.3) is 0 Å². The molecule has 0 spiro atoms. The number of para-hydroxylation sites is 1. The SMILES string of the molecule is Cc1ccccc1N(CCC(=O)O)C1CC(C)N(C)C1. The summed E-state index contributed by atoms with van der Waals surface area (Å²) in [5.74, 6) is -0.733. The van der Waals surface area contributed by atoms with Gasteiger partial charge in [0.1, 0.15) is 0 Å². The predicted molar refractivity (Wildman–Crippen MR) is 81.3 cm³/mol. The van der Waals surface area contributed by atoms with Crippen LogP contribution in [-0.2, 0) is 4.79 Å². The van der Waals surface area contributed by atoms with Crippen molar-refractivity contribution in [3.05, 3.63) is 29.8 Å². The van der Waals surface area contributed by atoms with Gasteiger partial charge in [-0.15, -0.1) is 0 Å². The number of likely N-dealkylation sites (tertiary alicyclic amines) is 1. The van der Waals surface area contributed by atoms with Gasteiger partial charge in [0, 0.05) is 30.9 Å². The lowest BCUT2D eigenvalue weighted by molar-refractivity contribution is -0.136. The molecule has 20 heavy (non-hydrogen) atoms. The Kier molecular flexibility index (Phi) is 4.65. The molecule has 1 aliphatic heterocycles. The minimum Gasteiger partial charge on any atom is -0.481 e. The highest BCUT2D eigenvalue weighted by Gasteiger charge is 2.31. The van der Waals surface area contributed by atoms with Gasteiger partial charge >= 0.3 is 5.97 Å². The molecule has 2 atom stereocenters. The summed E-state index contributed by atoms with van der Waals surface area (Å²) < 4.78 is 0. The van der Waals surface area contributed by atoms with Crippen molar-refractivity contribution in [2.24, 2.45) is 0 Å². The normalized spacial score (nSPS) is 22.9. The van der Waals surface area contributed by atoms with Crippen LogP contribution in [-0.4, -0.2) is 48.2 Å². The monoisotopic (exact) mass is 276 g/mol. The third-order valence-corrected chi connectivity index (χ3v) is 4.30. The molecule has 0 radical (unpaired) electrons. The van der Waals surface area contributed by atoms with Crippen LogP contribution in [0.1, 0.15) is 25.3 Å². The Bertz CT molecular complexity index is 465. The molecule has 1 aromatic rings. The number of carbonyl (C=O) groups is 1. The van der Waals surface area contributed by atoms with Crippen molar-refractivity contribution in [3.63, 3.8) is 0 Å². The van der Waals surface area contributed by atoms with Crippen molar-refractivity contribution in [1.82, 2.24) is 4.90 Å². The average Bonchev–Trinajstić information content (AvgIpc) is 2.71.